The number of methoxy groups -OCH3 is 1. The molecule has 0 saturated carbocycles. The van der Waals surface area contributed by atoms with Crippen molar-refractivity contribution >= 4 is 15.9 Å². The lowest BCUT2D eigenvalue weighted by molar-refractivity contribution is 0.0960. The number of rotatable bonds is 7. The molecule has 0 aromatic heterocycles. The number of hydrogen-bond donors (Lipinski definition) is 1. The van der Waals surface area contributed by atoms with Crippen LogP contribution in [0.4, 0.5) is 4.39 Å². The first-order valence-corrected chi connectivity index (χ1v) is 7.55. The van der Waals surface area contributed by atoms with Crippen molar-refractivity contribution in [2.45, 2.75) is 45.6 Å². The average Bonchev–Trinajstić information content (AvgIpc) is 2.41. The van der Waals surface area contributed by atoms with E-state index in [4.69, 9.17) is 4.74 Å². The van der Waals surface area contributed by atoms with Crippen LogP contribution in [-0.2, 0) is 0 Å². The number of aliphatic hydroxyl groups excluding tert-OH is 1. The lowest BCUT2D eigenvalue weighted by atomic mass is 9.88. The largest absolute Gasteiger partial charge is 0.496 e. The molecule has 1 rings (SSSR count). The Bertz CT molecular complexity index is 409. The van der Waals surface area contributed by atoms with Crippen LogP contribution in [-0.4, -0.2) is 12.2 Å². The van der Waals surface area contributed by atoms with E-state index in [-0.39, 0.29) is 11.7 Å². The van der Waals surface area contributed by atoms with Gasteiger partial charge in [0.15, 0.2) is 0 Å². The van der Waals surface area contributed by atoms with Gasteiger partial charge in [0.05, 0.1) is 17.7 Å². The van der Waals surface area contributed by atoms with E-state index in [0.29, 0.717) is 15.8 Å². The maximum absolute atomic E-state index is 13.5. The van der Waals surface area contributed by atoms with Crippen molar-refractivity contribution in [3.63, 3.8) is 0 Å². The Morgan fingerprint density at radius 2 is 2.05 bits per heavy atom. The average molecular weight is 333 g/mol. The van der Waals surface area contributed by atoms with Crippen molar-refractivity contribution in [2.75, 3.05) is 7.11 Å². The molecule has 0 aliphatic rings. The molecule has 0 saturated heterocycles. The third kappa shape index (κ3) is 4.18. The van der Waals surface area contributed by atoms with Crippen molar-refractivity contribution in [2.24, 2.45) is 5.92 Å². The van der Waals surface area contributed by atoms with E-state index in [0.717, 1.165) is 25.7 Å². The van der Waals surface area contributed by atoms with Gasteiger partial charge in [0.2, 0.25) is 0 Å². The molecule has 0 aliphatic heterocycles. The standard InChI is InChI=1S/C15H22BrFO2/c1-4-6-7-10(5-2)15(18)11-8-12(16)13(17)9-14(11)19-3/h8-10,15,18H,4-7H2,1-3H3. The number of ether oxygens (including phenoxy) is 1. The van der Waals surface area contributed by atoms with Gasteiger partial charge in [-0.3, -0.25) is 0 Å². The highest BCUT2D eigenvalue weighted by molar-refractivity contribution is 9.10. The van der Waals surface area contributed by atoms with Crippen LogP contribution >= 0.6 is 15.9 Å². The fourth-order valence-electron chi connectivity index (χ4n) is 2.26. The third-order valence-corrected chi connectivity index (χ3v) is 4.10. The van der Waals surface area contributed by atoms with Crippen LogP contribution in [0.3, 0.4) is 0 Å². The summed E-state index contributed by atoms with van der Waals surface area (Å²) < 4.78 is 19.0. The fourth-order valence-corrected chi connectivity index (χ4v) is 2.62. The van der Waals surface area contributed by atoms with Crippen molar-refractivity contribution < 1.29 is 14.2 Å². The first-order valence-electron chi connectivity index (χ1n) is 6.76. The minimum absolute atomic E-state index is 0.172. The maximum Gasteiger partial charge on any atom is 0.141 e. The second-order valence-corrected chi connectivity index (χ2v) is 5.62. The lowest BCUT2D eigenvalue weighted by Gasteiger charge is -2.23. The summed E-state index contributed by atoms with van der Waals surface area (Å²) in [5.74, 6) is 0.198. The summed E-state index contributed by atoms with van der Waals surface area (Å²) in [4.78, 5) is 0. The lowest BCUT2D eigenvalue weighted by Crippen LogP contribution is -2.13. The molecular formula is C15H22BrFO2. The predicted octanol–water partition coefficient (Wildman–Crippen LogP) is 4.85. The molecular weight excluding hydrogens is 311 g/mol. The summed E-state index contributed by atoms with van der Waals surface area (Å²) in [6.45, 7) is 4.20. The van der Waals surface area contributed by atoms with Gasteiger partial charge >= 0.3 is 0 Å². The van der Waals surface area contributed by atoms with Crippen molar-refractivity contribution in [1.82, 2.24) is 0 Å². The monoisotopic (exact) mass is 332 g/mol. The normalized spacial score (nSPS) is 14.2. The summed E-state index contributed by atoms with van der Waals surface area (Å²) in [6.07, 6.45) is 3.42. The molecule has 0 heterocycles. The topological polar surface area (TPSA) is 29.5 Å². The Labute approximate surface area is 123 Å². The molecule has 108 valence electrons. The van der Waals surface area contributed by atoms with Gasteiger partial charge in [-0.2, -0.15) is 0 Å². The molecule has 2 atom stereocenters. The Morgan fingerprint density at radius 1 is 1.37 bits per heavy atom. The molecule has 0 radical (unpaired) electrons. The zero-order valence-electron chi connectivity index (χ0n) is 11.7. The minimum atomic E-state index is -0.622. The minimum Gasteiger partial charge on any atom is -0.496 e. The molecule has 1 aromatic carbocycles. The summed E-state index contributed by atoms with van der Waals surface area (Å²) in [5.41, 5.74) is 0.652. The van der Waals surface area contributed by atoms with E-state index in [2.05, 4.69) is 29.8 Å². The molecule has 19 heavy (non-hydrogen) atoms. The zero-order valence-corrected chi connectivity index (χ0v) is 13.3. The second-order valence-electron chi connectivity index (χ2n) is 4.76. The first-order chi connectivity index (χ1) is 9.04. The van der Waals surface area contributed by atoms with Gasteiger partial charge in [0.1, 0.15) is 11.6 Å². The predicted molar refractivity (Wildman–Crippen MR) is 78.9 cm³/mol. The smallest absolute Gasteiger partial charge is 0.141 e. The molecule has 1 aromatic rings. The van der Waals surface area contributed by atoms with Crippen molar-refractivity contribution in [3.8, 4) is 5.75 Å². The van der Waals surface area contributed by atoms with E-state index in [1.54, 1.807) is 6.07 Å². The summed E-state index contributed by atoms with van der Waals surface area (Å²) in [5, 5.41) is 10.5. The van der Waals surface area contributed by atoms with Crippen LogP contribution in [0.1, 0.15) is 51.2 Å². The Kier molecular flexibility index (Phi) is 6.80. The summed E-state index contributed by atoms with van der Waals surface area (Å²) in [6, 6.07) is 2.93. The van der Waals surface area contributed by atoms with Crippen molar-refractivity contribution in [3.05, 3.63) is 28.0 Å². The van der Waals surface area contributed by atoms with E-state index >= 15 is 0 Å². The Hall–Kier alpha value is -0.610. The molecule has 0 spiro atoms. The van der Waals surface area contributed by atoms with E-state index in [9.17, 15) is 9.50 Å². The second kappa shape index (κ2) is 7.85. The quantitative estimate of drug-likeness (QED) is 0.773. The fraction of sp³-hybridized carbons (Fsp3) is 0.600. The molecule has 0 fully saturated rings. The molecule has 4 heteroatoms. The maximum atomic E-state index is 13.5. The van der Waals surface area contributed by atoms with Crippen LogP contribution in [0.5, 0.6) is 5.75 Å². The first kappa shape index (κ1) is 16.4. The van der Waals surface area contributed by atoms with Crippen LogP contribution in [0.25, 0.3) is 0 Å². The van der Waals surface area contributed by atoms with E-state index in [1.807, 2.05) is 0 Å². The summed E-state index contributed by atoms with van der Waals surface area (Å²) in [7, 11) is 1.49. The van der Waals surface area contributed by atoms with Gasteiger partial charge in [-0.15, -0.1) is 0 Å². The van der Waals surface area contributed by atoms with Crippen LogP contribution in [0.2, 0.25) is 0 Å². The number of halogens is 2. The highest BCUT2D eigenvalue weighted by Crippen LogP contribution is 2.36. The Morgan fingerprint density at radius 3 is 2.58 bits per heavy atom. The molecule has 0 amide bonds. The number of hydrogen-bond acceptors (Lipinski definition) is 2. The van der Waals surface area contributed by atoms with Crippen LogP contribution < -0.4 is 4.74 Å². The van der Waals surface area contributed by atoms with Gasteiger partial charge in [0, 0.05) is 11.6 Å². The van der Waals surface area contributed by atoms with E-state index in [1.165, 1.54) is 13.2 Å². The van der Waals surface area contributed by atoms with Gasteiger partial charge in [0.25, 0.3) is 0 Å². The van der Waals surface area contributed by atoms with Crippen LogP contribution in [0, 0.1) is 11.7 Å². The number of unbranched alkanes of at least 4 members (excludes halogenated alkanes) is 1. The Balaban J connectivity index is 3.02. The highest BCUT2D eigenvalue weighted by Gasteiger charge is 2.23. The number of benzene rings is 1. The van der Waals surface area contributed by atoms with E-state index < -0.39 is 6.10 Å². The molecule has 0 aliphatic carbocycles. The molecule has 2 unspecified atom stereocenters. The summed E-state index contributed by atoms with van der Waals surface area (Å²) >= 11 is 3.16. The molecule has 0 bridgehead atoms. The van der Waals surface area contributed by atoms with Gasteiger partial charge < -0.3 is 9.84 Å². The highest BCUT2D eigenvalue weighted by atomic mass is 79.9. The van der Waals surface area contributed by atoms with Gasteiger partial charge in [-0.25, -0.2) is 4.39 Å². The van der Waals surface area contributed by atoms with Gasteiger partial charge in [-0.05, 0) is 34.3 Å². The molecule has 2 nitrogen and oxygen atoms in total. The SMILES string of the molecule is CCCCC(CC)C(O)c1cc(Br)c(F)cc1OC. The van der Waals surface area contributed by atoms with Crippen molar-refractivity contribution in [1.29, 1.82) is 0 Å². The van der Waals surface area contributed by atoms with Gasteiger partial charge in [-0.1, -0.05) is 33.1 Å². The zero-order chi connectivity index (χ0) is 14.4. The van der Waals surface area contributed by atoms with Crippen LogP contribution in [0.15, 0.2) is 16.6 Å². The molecule has 1 N–H and O–H groups in total. The third-order valence-electron chi connectivity index (χ3n) is 3.49. The number of aliphatic hydroxyl groups is 1.